The smallest absolute Gasteiger partial charge is 0.403 e. The average Bonchev–Trinajstić information content (AvgIpc) is 2.74. The molecule has 29 heavy (non-hydrogen) atoms. The zero-order chi connectivity index (χ0) is 21.0. The van der Waals surface area contributed by atoms with Crippen LogP contribution in [-0.2, 0) is 6.18 Å². The van der Waals surface area contributed by atoms with Crippen molar-refractivity contribution in [3.8, 4) is 6.07 Å². The lowest BCUT2D eigenvalue weighted by Crippen LogP contribution is -2.52. The molecule has 2 saturated heterocycles. The summed E-state index contributed by atoms with van der Waals surface area (Å²) in [4.78, 5) is 16.2. The van der Waals surface area contributed by atoms with E-state index in [2.05, 4.69) is 11.4 Å². The first-order valence-electron chi connectivity index (χ1n) is 9.31. The lowest BCUT2D eigenvalue weighted by molar-refractivity contribution is -0.137. The lowest BCUT2D eigenvalue weighted by Gasteiger charge is -2.36. The number of nitrogens with zero attached hydrogens (tertiary/aromatic N) is 3. The quantitative estimate of drug-likeness (QED) is 0.704. The number of likely N-dealkylation sites (tertiary alicyclic amines) is 1. The molecule has 154 valence electrons. The molecule has 2 aliphatic heterocycles. The molecule has 2 amide bonds. The van der Waals surface area contributed by atoms with Crippen molar-refractivity contribution in [2.45, 2.75) is 19.0 Å². The summed E-state index contributed by atoms with van der Waals surface area (Å²) in [5, 5.41) is 12.7. The molecule has 2 heterocycles. The van der Waals surface area contributed by atoms with Crippen LogP contribution in [0.1, 0.15) is 24.0 Å². The number of piperazine rings is 1. The minimum atomic E-state index is -4.41. The van der Waals surface area contributed by atoms with Gasteiger partial charge < -0.3 is 20.9 Å². The molecule has 2 aliphatic rings. The third kappa shape index (κ3) is 4.65. The second kappa shape index (κ2) is 8.47. The number of nitrogens with one attached hydrogen (secondary N) is 1. The van der Waals surface area contributed by atoms with Crippen molar-refractivity contribution < 1.29 is 18.0 Å². The maximum atomic E-state index is 12.7. The highest BCUT2D eigenvalue weighted by Crippen LogP contribution is 2.32. The van der Waals surface area contributed by atoms with Gasteiger partial charge in [-0.2, -0.15) is 18.4 Å². The van der Waals surface area contributed by atoms with Gasteiger partial charge in [-0.05, 0) is 36.1 Å². The first-order chi connectivity index (χ1) is 13.8. The molecule has 0 spiro atoms. The fourth-order valence-corrected chi connectivity index (χ4v) is 3.56. The summed E-state index contributed by atoms with van der Waals surface area (Å²) in [5.41, 5.74) is 7.30. The Hall–Kier alpha value is -3.15. The van der Waals surface area contributed by atoms with Gasteiger partial charge in [-0.3, -0.25) is 0 Å². The van der Waals surface area contributed by atoms with Gasteiger partial charge in [0.15, 0.2) is 0 Å². The van der Waals surface area contributed by atoms with E-state index in [9.17, 15) is 23.2 Å². The van der Waals surface area contributed by atoms with Crippen LogP contribution in [0.25, 0.3) is 5.57 Å². The molecule has 6 nitrogen and oxygen atoms in total. The third-order valence-electron chi connectivity index (χ3n) is 5.17. The van der Waals surface area contributed by atoms with E-state index in [0.717, 1.165) is 23.4 Å². The topological polar surface area (TPSA) is 85.4 Å². The SMILES string of the molecule is N#CC(=C1CCN(C(=O)N2CCN/C(=C\N)C2)CC1)c1ccc(C(F)(F)F)cc1. The molecule has 0 atom stereocenters. The van der Waals surface area contributed by atoms with Crippen molar-refractivity contribution in [2.24, 2.45) is 5.73 Å². The second-order valence-corrected chi connectivity index (χ2v) is 6.98. The van der Waals surface area contributed by atoms with E-state index in [1.165, 1.54) is 18.3 Å². The summed E-state index contributed by atoms with van der Waals surface area (Å²) in [6.07, 6.45) is -1.92. The van der Waals surface area contributed by atoms with Crippen molar-refractivity contribution in [1.82, 2.24) is 15.1 Å². The van der Waals surface area contributed by atoms with E-state index >= 15 is 0 Å². The number of nitriles is 1. The molecule has 0 aromatic heterocycles. The molecule has 0 unspecified atom stereocenters. The van der Waals surface area contributed by atoms with Gasteiger partial charge in [-0.25, -0.2) is 4.79 Å². The Morgan fingerprint density at radius 2 is 1.79 bits per heavy atom. The van der Waals surface area contributed by atoms with Crippen LogP contribution in [0.2, 0.25) is 0 Å². The van der Waals surface area contributed by atoms with Crippen LogP contribution in [0, 0.1) is 11.3 Å². The number of alkyl halides is 3. The molecular weight excluding hydrogens is 383 g/mol. The summed E-state index contributed by atoms with van der Waals surface area (Å²) in [6, 6.07) is 6.67. The van der Waals surface area contributed by atoms with Crippen molar-refractivity contribution in [3.05, 3.63) is 52.9 Å². The van der Waals surface area contributed by atoms with Gasteiger partial charge in [0.05, 0.1) is 23.8 Å². The van der Waals surface area contributed by atoms with Crippen molar-refractivity contribution in [1.29, 1.82) is 5.26 Å². The molecular formula is C20H22F3N5O. The van der Waals surface area contributed by atoms with Crippen molar-refractivity contribution in [2.75, 3.05) is 32.7 Å². The summed E-state index contributed by atoms with van der Waals surface area (Å²) in [7, 11) is 0. The standard InChI is InChI=1S/C20H22F3N5O/c21-20(22,23)16-3-1-14(2-4-16)18(12-25)15-5-8-27(9-6-15)19(29)28-10-7-26-17(11-24)13-28/h1-4,11,26H,5-10,13,24H2/b17-11-. The lowest BCUT2D eigenvalue weighted by atomic mass is 9.93. The van der Waals surface area contributed by atoms with Crippen LogP contribution in [0.4, 0.5) is 18.0 Å². The van der Waals surface area contributed by atoms with Gasteiger partial charge in [-0.15, -0.1) is 0 Å². The highest BCUT2D eigenvalue weighted by atomic mass is 19.4. The number of carbonyl (C=O) groups excluding carboxylic acids is 1. The summed E-state index contributed by atoms with van der Waals surface area (Å²) in [6.45, 7) is 2.59. The summed E-state index contributed by atoms with van der Waals surface area (Å²) >= 11 is 0. The van der Waals surface area contributed by atoms with Crippen LogP contribution < -0.4 is 11.1 Å². The van der Waals surface area contributed by atoms with Crippen molar-refractivity contribution >= 4 is 11.6 Å². The number of hydrogen-bond donors (Lipinski definition) is 2. The highest BCUT2D eigenvalue weighted by Gasteiger charge is 2.30. The minimum absolute atomic E-state index is 0.0714. The molecule has 0 radical (unpaired) electrons. The summed E-state index contributed by atoms with van der Waals surface area (Å²) in [5.74, 6) is 0. The van der Waals surface area contributed by atoms with Crippen LogP contribution in [0.5, 0.6) is 0 Å². The molecule has 1 aromatic carbocycles. The zero-order valence-corrected chi connectivity index (χ0v) is 15.8. The zero-order valence-electron chi connectivity index (χ0n) is 15.8. The molecule has 0 saturated carbocycles. The second-order valence-electron chi connectivity index (χ2n) is 6.98. The maximum Gasteiger partial charge on any atom is 0.416 e. The van der Waals surface area contributed by atoms with Crippen LogP contribution in [-0.4, -0.2) is 48.6 Å². The fraction of sp³-hybridized carbons (Fsp3) is 0.400. The average molecular weight is 405 g/mol. The fourth-order valence-electron chi connectivity index (χ4n) is 3.56. The normalized spacial score (nSPS) is 19.0. The van der Waals surface area contributed by atoms with Gasteiger partial charge in [0, 0.05) is 38.1 Å². The molecule has 2 fully saturated rings. The minimum Gasteiger partial charge on any atom is -0.403 e. The Morgan fingerprint density at radius 3 is 2.34 bits per heavy atom. The number of urea groups is 1. The van der Waals surface area contributed by atoms with E-state index in [1.807, 2.05) is 0 Å². The van der Waals surface area contributed by atoms with Gasteiger partial charge in [0.2, 0.25) is 0 Å². The van der Waals surface area contributed by atoms with E-state index in [-0.39, 0.29) is 6.03 Å². The van der Waals surface area contributed by atoms with E-state index < -0.39 is 11.7 Å². The molecule has 0 bridgehead atoms. The summed E-state index contributed by atoms with van der Waals surface area (Å²) < 4.78 is 38.2. The number of benzene rings is 1. The predicted molar refractivity (Wildman–Crippen MR) is 102 cm³/mol. The molecule has 3 rings (SSSR count). The van der Waals surface area contributed by atoms with Gasteiger partial charge in [0.1, 0.15) is 0 Å². The Bertz CT molecular complexity index is 858. The number of carbonyl (C=O) groups is 1. The number of nitrogens with two attached hydrogens (primary N) is 1. The Morgan fingerprint density at radius 1 is 1.14 bits per heavy atom. The van der Waals surface area contributed by atoms with E-state index in [4.69, 9.17) is 5.73 Å². The number of rotatable bonds is 1. The molecule has 3 N–H and O–H groups in total. The molecule has 1 aromatic rings. The van der Waals surface area contributed by atoms with Crippen molar-refractivity contribution in [3.63, 3.8) is 0 Å². The Balaban J connectivity index is 1.68. The monoisotopic (exact) mass is 405 g/mol. The van der Waals surface area contributed by atoms with Crippen LogP contribution >= 0.6 is 0 Å². The Labute approximate surface area is 167 Å². The van der Waals surface area contributed by atoms with Gasteiger partial charge in [0.25, 0.3) is 0 Å². The van der Waals surface area contributed by atoms with E-state index in [0.29, 0.717) is 56.7 Å². The predicted octanol–water partition coefficient (Wildman–Crippen LogP) is 2.90. The number of hydrogen-bond acceptors (Lipinski definition) is 4. The Kier molecular flexibility index (Phi) is 6.01. The highest BCUT2D eigenvalue weighted by molar-refractivity contribution is 5.80. The van der Waals surface area contributed by atoms with E-state index in [1.54, 1.807) is 9.80 Å². The third-order valence-corrected chi connectivity index (χ3v) is 5.17. The van der Waals surface area contributed by atoms with Gasteiger partial charge >= 0.3 is 12.2 Å². The maximum absolute atomic E-state index is 12.7. The van der Waals surface area contributed by atoms with Crippen LogP contribution in [0.3, 0.4) is 0 Å². The van der Waals surface area contributed by atoms with Gasteiger partial charge in [-0.1, -0.05) is 12.1 Å². The number of piperidine rings is 1. The number of halogens is 3. The molecule has 9 heteroatoms. The largest absolute Gasteiger partial charge is 0.416 e. The number of amides is 2. The molecule has 0 aliphatic carbocycles. The van der Waals surface area contributed by atoms with Crippen LogP contribution in [0.15, 0.2) is 41.7 Å². The number of allylic oxidation sites excluding steroid dienone is 1. The first kappa shape index (κ1) is 20.6. The first-order valence-corrected chi connectivity index (χ1v) is 9.31.